The molecule has 2 aromatic heterocycles. The van der Waals surface area contributed by atoms with Gasteiger partial charge < -0.3 is 30.9 Å². The number of ether oxygens (including phenoxy) is 1. The largest absolute Gasteiger partial charge is 0.388 e. The van der Waals surface area contributed by atoms with Crippen LogP contribution in [0.25, 0.3) is 22.6 Å². The predicted molar refractivity (Wildman–Crippen MR) is 134 cm³/mol. The summed E-state index contributed by atoms with van der Waals surface area (Å²) in [6.07, 6.45) is -3.60. The normalized spacial score (nSPS) is 21.4. The maximum absolute atomic E-state index is 12.1. The number of hydrogen-bond donors (Lipinski definition) is 5. The summed E-state index contributed by atoms with van der Waals surface area (Å²) in [7, 11) is 3.27. The van der Waals surface area contributed by atoms with Crippen molar-refractivity contribution in [3.05, 3.63) is 66.5 Å². The lowest BCUT2D eigenvalue weighted by atomic mass is 10.1. The van der Waals surface area contributed by atoms with E-state index in [4.69, 9.17) is 14.7 Å². The van der Waals surface area contributed by atoms with Gasteiger partial charge in [-0.2, -0.15) is 0 Å². The average Bonchev–Trinajstić information content (AvgIpc) is 3.48. The van der Waals surface area contributed by atoms with Crippen molar-refractivity contribution >= 4 is 28.6 Å². The number of amides is 1. The lowest BCUT2D eigenvalue weighted by molar-refractivity contribution is -0.137. The van der Waals surface area contributed by atoms with Crippen LogP contribution in [0, 0.1) is 0 Å². The minimum absolute atomic E-state index is 0.388. The van der Waals surface area contributed by atoms with Crippen LogP contribution in [0.1, 0.15) is 11.8 Å². The number of carbonyl (C=O) groups is 1. The molecule has 1 saturated heterocycles. The van der Waals surface area contributed by atoms with Gasteiger partial charge in [-0.25, -0.2) is 15.0 Å². The first kappa shape index (κ1) is 23.7. The topological polar surface area (TPSA) is 146 Å². The van der Waals surface area contributed by atoms with E-state index in [1.54, 1.807) is 0 Å². The molecule has 1 aliphatic heterocycles. The second-order valence-electron chi connectivity index (χ2n) is 8.43. The lowest BCUT2D eigenvalue weighted by Gasteiger charge is -2.17. The van der Waals surface area contributed by atoms with E-state index < -0.39 is 30.4 Å². The third kappa shape index (κ3) is 4.35. The van der Waals surface area contributed by atoms with E-state index in [-0.39, 0.29) is 0 Å². The van der Waals surface area contributed by atoms with Gasteiger partial charge in [-0.05, 0) is 17.7 Å². The molecular formula is C25H27N7O4. The molecule has 0 radical (unpaired) electrons. The molecule has 1 aliphatic rings. The van der Waals surface area contributed by atoms with Crippen molar-refractivity contribution < 1.29 is 19.7 Å². The summed E-state index contributed by atoms with van der Waals surface area (Å²) >= 11 is 0. The van der Waals surface area contributed by atoms with Gasteiger partial charge in [-0.3, -0.25) is 9.36 Å². The van der Waals surface area contributed by atoms with Gasteiger partial charge >= 0.3 is 0 Å². The van der Waals surface area contributed by atoms with Crippen LogP contribution in [0.4, 0.5) is 11.5 Å². The lowest BCUT2D eigenvalue weighted by Crippen LogP contribution is -2.41. The summed E-state index contributed by atoms with van der Waals surface area (Å²) < 4.78 is 7.28. The molecular weight excluding hydrogens is 462 g/mol. The molecule has 186 valence electrons. The van der Waals surface area contributed by atoms with E-state index >= 15 is 0 Å². The first-order valence-corrected chi connectivity index (χ1v) is 11.5. The van der Waals surface area contributed by atoms with Crippen LogP contribution in [0.15, 0.2) is 60.9 Å². The Morgan fingerprint density at radius 2 is 1.86 bits per heavy atom. The maximum Gasteiger partial charge on any atom is 0.251 e. The SMILES string of the molecule is CNC(=O)[C@@H]1OC(n2cnc3c(NCc4ccccc4)nc(-c4cccc(NC)c4)nc32)C(O)C1O. The highest BCUT2D eigenvalue weighted by molar-refractivity contribution is 5.86. The Bertz CT molecular complexity index is 1380. The van der Waals surface area contributed by atoms with Crippen LogP contribution in [0.2, 0.25) is 0 Å². The van der Waals surface area contributed by atoms with Crippen molar-refractivity contribution in [2.75, 3.05) is 24.7 Å². The molecule has 0 aliphatic carbocycles. The Hall–Kier alpha value is -4.06. The monoisotopic (exact) mass is 489 g/mol. The van der Waals surface area contributed by atoms with Crippen LogP contribution in [-0.4, -0.2) is 68.0 Å². The van der Waals surface area contributed by atoms with E-state index in [1.165, 1.54) is 17.9 Å². The molecule has 4 atom stereocenters. The molecule has 3 unspecified atom stereocenters. The van der Waals surface area contributed by atoms with E-state index in [9.17, 15) is 15.0 Å². The molecule has 11 heteroatoms. The number of hydrogen-bond acceptors (Lipinski definition) is 9. The summed E-state index contributed by atoms with van der Waals surface area (Å²) in [4.78, 5) is 26.1. The third-order valence-electron chi connectivity index (χ3n) is 6.15. The number of rotatable bonds is 7. The number of carbonyl (C=O) groups excluding carboxylic acids is 1. The van der Waals surface area contributed by atoms with Gasteiger partial charge in [0.2, 0.25) is 0 Å². The Morgan fingerprint density at radius 3 is 2.61 bits per heavy atom. The van der Waals surface area contributed by atoms with Crippen LogP contribution in [0.3, 0.4) is 0 Å². The van der Waals surface area contributed by atoms with Gasteiger partial charge in [0.25, 0.3) is 5.91 Å². The zero-order valence-electron chi connectivity index (χ0n) is 19.8. The van der Waals surface area contributed by atoms with Crippen molar-refractivity contribution in [1.29, 1.82) is 0 Å². The molecule has 3 heterocycles. The first-order valence-electron chi connectivity index (χ1n) is 11.5. The Balaban J connectivity index is 1.59. The highest BCUT2D eigenvalue weighted by atomic mass is 16.6. The summed E-state index contributed by atoms with van der Waals surface area (Å²) in [5, 5.41) is 30.0. The molecule has 4 aromatic rings. The molecule has 0 saturated carbocycles. The van der Waals surface area contributed by atoms with E-state index in [2.05, 4.69) is 20.9 Å². The van der Waals surface area contributed by atoms with E-state index in [0.717, 1.165) is 16.8 Å². The molecule has 0 bridgehead atoms. The standard InChI is InChI=1S/C25H27N7O4/c1-26-16-10-6-9-15(11-16)21-30-22(28-12-14-7-4-3-5-8-14)17-23(31-21)32(13-29-17)25-19(34)18(33)20(36-25)24(35)27-2/h3-11,13,18-20,25-26,33-34H,12H2,1-2H3,(H,27,35)(H,28,30,31)/t18?,19?,20-,25?/m1/s1. The molecule has 1 fully saturated rings. The van der Waals surface area contributed by atoms with Gasteiger partial charge in [-0.1, -0.05) is 42.5 Å². The highest BCUT2D eigenvalue weighted by Crippen LogP contribution is 2.34. The second-order valence-corrected chi connectivity index (χ2v) is 8.43. The van der Waals surface area contributed by atoms with Gasteiger partial charge in [0.15, 0.2) is 35.1 Å². The number of aromatic nitrogens is 4. The van der Waals surface area contributed by atoms with E-state index in [1.807, 2.05) is 61.6 Å². The molecule has 5 N–H and O–H groups in total. The Kier molecular flexibility index (Phi) is 6.51. The number of fused-ring (bicyclic) bond motifs is 1. The number of likely N-dealkylation sites (N-methyl/N-ethyl adjacent to an activating group) is 1. The number of anilines is 2. The zero-order valence-corrected chi connectivity index (χ0v) is 19.8. The fourth-order valence-electron chi connectivity index (χ4n) is 4.20. The number of benzene rings is 2. The zero-order chi connectivity index (χ0) is 25.2. The Labute approximate surface area is 207 Å². The van der Waals surface area contributed by atoms with Gasteiger partial charge in [0.1, 0.15) is 12.2 Å². The second kappa shape index (κ2) is 9.90. The quantitative estimate of drug-likeness (QED) is 0.261. The van der Waals surface area contributed by atoms with Crippen LogP contribution >= 0.6 is 0 Å². The van der Waals surface area contributed by atoms with Gasteiger partial charge in [0, 0.05) is 31.9 Å². The highest BCUT2D eigenvalue weighted by Gasteiger charge is 2.47. The fraction of sp³-hybridized carbons (Fsp3) is 0.280. The van der Waals surface area contributed by atoms with Crippen LogP contribution in [0.5, 0.6) is 0 Å². The van der Waals surface area contributed by atoms with Crippen molar-refractivity contribution in [3.63, 3.8) is 0 Å². The smallest absolute Gasteiger partial charge is 0.251 e. The summed E-state index contributed by atoms with van der Waals surface area (Å²) in [5.74, 6) is 0.411. The fourth-order valence-corrected chi connectivity index (χ4v) is 4.20. The van der Waals surface area contributed by atoms with Crippen LogP contribution < -0.4 is 16.0 Å². The first-order chi connectivity index (χ1) is 17.5. The third-order valence-corrected chi connectivity index (χ3v) is 6.15. The maximum atomic E-state index is 12.1. The molecule has 2 aromatic carbocycles. The molecule has 1 amide bonds. The van der Waals surface area contributed by atoms with Crippen molar-refractivity contribution in [2.24, 2.45) is 0 Å². The number of nitrogens with one attached hydrogen (secondary N) is 3. The van der Waals surface area contributed by atoms with Gasteiger partial charge in [-0.15, -0.1) is 0 Å². The van der Waals surface area contributed by atoms with Crippen molar-refractivity contribution in [1.82, 2.24) is 24.8 Å². The minimum Gasteiger partial charge on any atom is -0.388 e. The minimum atomic E-state index is -1.41. The molecule has 36 heavy (non-hydrogen) atoms. The van der Waals surface area contributed by atoms with E-state index in [0.29, 0.717) is 29.4 Å². The molecule has 5 rings (SSSR count). The number of imidazole rings is 1. The summed E-state index contributed by atoms with van der Waals surface area (Å²) in [5.41, 5.74) is 3.59. The average molecular weight is 490 g/mol. The molecule has 0 spiro atoms. The number of aliphatic hydroxyl groups excluding tert-OH is 2. The number of nitrogens with zero attached hydrogens (tertiary/aromatic N) is 4. The Morgan fingerprint density at radius 1 is 1.06 bits per heavy atom. The van der Waals surface area contributed by atoms with Crippen molar-refractivity contribution in [2.45, 2.75) is 31.1 Å². The summed E-state index contributed by atoms with van der Waals surface area (Å²) in [6, 6.07) is 17.5. The van der Waals surface area contributed by atoms with Gasteiger partial charge in [0.05, 0.1) is 6.33 Å². The summed E-state index contributed by atoms with van der Waals surface area (Å²) in [6.45, 7) is 0.510. The van der Waals surface area contributed by atoms with Crippen molar-refractivity contribution in [3.8, 4) is 11.4 Å². The molecule has 11 nitrogen and oxygen atoms in total. The predicted octanol–water partition coefficient (Wildman–Crippen LogP) is 1.51. The number of aliphatic hydroxyl groups is 2. The van der Waals surface area contributed by atoms with Crippen LogP contribution in [-0.2, 0) is 16.1 Å².